The van der Waals surface area contributed by atoms with E-state index in [0.717, 1.165) is 6.42 Å². The molecule has 2 rings (SSSR count). The smallest absolute Gasteiger partial charge is 0.225 e. The Labute approximate surface area is 131 Å². The summed E-state index contributed by atoms with van der Waals surface area (Å²) in [6.45, 7) is 0.996. The van der Waals surface area contributed by atoms with Crippen LogP contribution >= 0.6 is 0 Å². The van der Waals surface area contributed by atoms with Crippen molar-refractivity contribution in [3.8, 4) is 0 Å². The zero-order valence-corrected chi connectivity index (χ0v) is 13.2. The van der Waals surface area contributed by atoms with Crippen molar-refractivity contribution in [2.75, 3.05) is 27.3 Å². The lowest BCUT2D eigenvalue weighted by Gasteiger charge is -2.37. The normalized spacial score (nSPS) is 21.7. The van der Waals surface area contributed by atoms with Gasteiger partial charge in [-0.25, -0.2) is 0 Å². The molecule has 1 aliphatic rings. The van der Waals surface area contributed by atoms with Crippen LogP contribution in [0.4, 0.5) is 0 Å². The second-order valence-corrected chi connectivity index (χ2v) is 5.70. The third-order valence-electron chi connectivity index (χ3n) is 4.25. The maximum absolute atomic E-state index is 12.4. The molecule has 0 aromatic heterocycles. The van der Waals surface area contributed by atoms with E-state index < -0.39 is 0 Å². The van der Waals surface area contributed by atoms with E-state index >= 15 is 0 Å². The first-order valence-corrected chi connectivity index (χ1v) is 7.69. The Kier molecular flexibility index (Phi) is 5.95. The van der Waals surface area contributed by atoms with Crippen LogP contribution in [0.5, 0.6) is 0 Å². The zero-order chi connectivity index (χ0) is 15.9. The molecule has 0 spiro atoms. The van der Waals surface area contributed by atoms with Gasteiger partial charge in [0.1, 0.15) is 0 Å². The van der Waals surface area contributed by atoms with E-state index in [9.17, 15) is 9.59 Å². The van der Waals surface area contributed by atoms with Crippen molar-refractivity contribution >= 4 is 11.8 Å². The highest BCUT2D eigenvalue weighted by Crippen LogP contribution is 2.24. The molecular weight excluding hydrogens is 280 g/mol. The van der Waals surface area contributed by atoms with E-state index in [2.05, 4.69) is 5.32 Å². The van der Waals surface area contributed by atoms with Gasteiger partial charge in [0.15, 0.2) is 0 Å². The summed E-state index contributed by atoms with van der Waals surface area (Å²) >= 11 is 0. The Balaban J connectivity index is 1.88. The molecule has 1 N–H and O–H groups in total. The summed E-state index contributed by atoms with van der Waals surface area (Å²) < 4.78 is 5.18. The molecule has 22 heavy (non-hydrogen) atoms. The average molecular weight is 304 g/mol. The van der Waals surface area contributed by atoms with Gasteiger partial charge in [0.25, 0.3) is 0 Å². The summed E-state index contributed by atoms with van der Waals surface area (Å²) in [6, 6.07) is 9.88. The Morgan fingerprint density at radius 1 is 1.36 bits per heavy atom. The summed E-state index contributed by atoms with van der Waals surface area (Å²) in [6.07, 6.45) is 1.82. The Morgan fingerprint density at radius 3 is 2.77 bits per heavy atom. The van der Waals surface area contributed by atoms with E-state index in [4.69, 9.17) is 4.74 Å². The van der Waals surface area contributed by atoms with Gasteiger partial charge in [-0.2, -0.15) is 0 Å². The summed E-state index contributed by atoms with van der Waals surface area (Å²) in [5, 5.41) is 2.99. The van der Waals surface area contributed by atoms with Crippen LogP contribution in [0.2, 0.25) is 0 Å². The van der Waals surface area contributed by atoms with E-state index in [1.807, 2.05) is 30.3 Å². The number of ether oxygens (including phenoxy) is 1. The van der Waals surface area contributed by atoms with Crippen LogP contribution in [0.15, 0.2) is 30.3 Å². The second-order valence-electron chi connectivity index (χ2n) is 5.70. The number of piperidine rings is 1. The zero-order valence-electron chi connectivity index (χ0n) is 13.2. The van der Waals surface area contributed by atoms with Crippen LogP contribution in [0.25, 0.3) is 0 Å². The molecule has 2 atom stereocenters. The minimum Gasteiger partial charge on any atom is -0.383 e. The predicted molar refractivity (Wildman–Crippen MR) is 84.3 cm³/mol. The molecule has 1 aromatic rings. The van der Waals surface area contributed by atoms with Gasteiger partial charge in [0.05, 0.1) is 18.6 Å². The third-order valence-corrected chi connectivity index (χ3v) is 4.25. The van der Waals surface area contributed by atoms with Gasteiger partial charge in [0, 0.05) is 27.1 Å². The van der Waals surface area contributed by atoms with Gasteiger partial charge in [-0.15, -0.1) is 0 Å². The van der Waals surface area contributed by atoms with Crippen LogP contribution < -0.4 is 5.32 Å². The number of rotatable bonds is 6. The number of likely N-dealkylation sites (tertiary alicyclic amines) is 1. The fourth-order valence-corrected chi connectivity index (χ4v) is 2.91. The number of carbonyl (C=O) groups is 2. The minimum absolute atomic E-state index is 0.0114. The van der Waals surface area contributed by atoms with Crippen LogP contribution in [-0.4, -0.2) is 50.1 Å². The van der Waals surface area contributed by atoms with Crippen molar-refractivity contribution in [2.45, 2.75) is 25.3 Å². The van der Waals surface area contributed by atoms with Gasteiger partial charge in [0.2, 0.25) is 11.8 Å². The lowest BCUT2D eigenvalue weighted by atomic mass is 9.88. The van der Waals surface area contributed by atoms with Gasteiger partial charge in [-0.3, -0.25) is 9.59 Å². The van der Waals surface area contributed by atoms with Crippen LogP contribution in [0, 0.1) is 5.92 Å². The first-order chi connectivity index (χ1) is 10.6. The molecule has 120 valence electrons. The molecule has 0 radical (unpaired) electrons. The van der Waals surface area contributed by atoms with E-state index in [1.54, 1.807) is 19.1 Å². The first kappa shape index (κ1) is 16.5. The average Bonchev–Trinajstić information content (AvgIpc) is 2.53. The number of hydrogen-bond donors (Lipinski definition) is 1. The van der Waals surface area contributed by atoms with E-state index in [0.29, 0.717) is 26.0 Å². The maximum atomic E-state index is 12.4. The van der Waals surface area contributed by atoms with E-state index in [-0.39, 0.29) is 23.8 Å². The summed E-state index contributed by atoms with van der Waals surface area (Å²) in [7, 11) is 3.34. The van der Waals surface area contributed by atoms with Crippen molar-refractivity contribution in [3.63, 3.8) is 0 Å². The molecule has 1 aliphatic heterocycles. The van der Waals surface area contributed by atoms with Gasteiger partial charge in [-0.05, 0) is 18.4 Å². The summed E-state index contributed by atoms with van der Waals surface area (Å²) in [5.41, 5.74) is 1.20. The van der Waals surface area contributed by atoms with E-state index in [1.165, 1.54) is 5.56 Å². The maximum Gasteiger partial charge on any atom is 0.225 e. The highest BCUT2D eigenvalue weighted by Gasteiger charge is 2.37. The summed E-state index contributed by atoms with van der Waals surface area (Å²) in [4.78, 5) is 25.9. The standard InChI is InChI=1S/C17H24N2O3/c1-19-15(12-22-2)14(8-9-16(19)20)17(21)18-11-10-13-6-4-3-5-7-13/h3-7,14-15H,8-12H2,1-2H3,(H,18,21). The Morgan fingerprint density at radius 2 is 2.09 bits per heavy atom. The number of nitrogens with one attached hydrogen (secondary N) is 1. The number of hydrogen-bond acceptors (Lipinski definition) is 3. The molecule has 0 saturated carbocycles. The predicted octanol–water partition coefficient (Wildman–Crippen LogP) is 1.23. The molecule has 1 saturated heterocycles. The number of carbonyl (C=O) groups excluding carboxylic acids is 2. The monoisotopic (exact) mass is 304 g/mol. The van der Waals surface area contributed by atoms with Crippen LogP contribution in [-0.2, 0) is 20.7 Å². The topological polar surface area (TPSA) is 58.6 Å². The minimum atomic E-state index is -0.196. The number of nitrogens with zero attached hydrogens (tertiary/aromatic N) is 1. The number of likely N-dealkylation sites (N-methyl/N-ethyl adjacent to an activating group) is 1. The largest absolute Gasteiger partial charge is 0.383 e. The molecule has 1 fully saturated rings. The lowest BCUT2D eigenvalue weighted by molar-refractivity contribution is -0.143. The molecule has 0 bridgehead atoms. The molecule has 2 unspecified atom stereocenters. The Hall–Kier alpha value is -1.88. The highest BCUT2D eigenvalue weighted by molar-refractivity contribution is 5.84. The van der Waals surface area contributed by atoms with Gasteiger partial charge < -0.3 is 15.0 Å². The number of amides is 2. The van der Waals surface area contributed by atoms with Crippen molar-refractivity contribution < 1.29 is 14.3 Å². The SMILES string of the molecule is COCC1C(C(=O)NCCc2ccccc2)CCC(=O)N1C. The molecule has 2 amide bonds. The van der Waals surface area contributed by atoms with Crippen molar-refractivity contribution in [2.24, 2.45) is 5.92 Å². The Bertz CT molecular complexity index is 504. The van der Waals surface area contributed by atoms with Crippen LogP contribution in [0.1, 0.15) is 18.4 Å². The summed E-state index contributed by atoms with van der Waals surface area (Å²) in [5.74, 6) is -0.105. The molecule has 1 heterocycles. The molecule has 5 heteroatoms. The third kappa shape index (κ3) is 4.07. The fraction of sp³-hybridized carbons (Fsp3) is 0.529. The van der Waals surface area contributed by atoms with Crippen molar-refractivity contribution in [1.82, 2.24) is 10.2 Å². The fourth-order valence-electron chi connectivity index (χ4n) is 2.91. The van der Waals surface area contributed by atoms with Crippen molar-refractivity contribution in [3.05, 3.63) is 35.9 Å². The molecule has 0 aliphatic carbocycles. The second kappa shape index (κ2) is 7.94. The van der Waals surface area contributed by atoms with Crippen LogP contribution in [0.3, 0.4) is 0 Å². The van der Waals surface area contributed by atoms with Gasteiger partial charge >= 0.3 is 0 Å². The molecule has 5 nitrogen and oxygen atoms in total. The molecular formula is C17H24N2O3. The first-order valence-electron chi connectivity index (χ1n) is 7.69. The lowest BCUT2D eigenvalue weighted by Crippen LogP contribution is -2.53. The highest BCUT2D eigenvalue weighted by atomic mass is 16.5. The van der Waals surface area contributed by atoms with Crippen molar-refractivity contribution in [1.29, 1.82) is 0 Å². The quantitative estimate of drug-likeness (QED) is 0.860. The molecule has 1 aromatic carbocycles. The van der Waals surface area contributed by atoms with Gasteiger partial charge in [-0.1, -0.05) is 30.3 Å². The number of methoxy groups -OCH3 is 1. The number of benzene rings is 1.